The number of morpholine rings is 1. The third kappa shape index (κ3) is 6.51. The van der Waals surface area contributed by atoms with Gasteiger partial charge in [-0.05, 0) is 73.3 Å². The van der Waals surface area contributed by atoms with E-state index in [0.29, 0.717) is 0 Å². The normalized spacial score (nSPS) is 21.9. The van der Waals surface area contributed by atoms with Crippen LogP contribution in [0.25, 0.3) is 0 Å². The SMILES string of the molecule is C=C(C)[C@H]1CCC(CO)=C[C@@H]1c1c(CO)cc(C(C)(C)CCCCN2CCOCC2)cc1OC. The third-order valence-electron chi connectivity index (χ3n) is 7.82. The largest absolute Gasteiger partial charge is 0.496 e. The number of unbranched alkanes of at least 4 members (excludes halogenated alkanes) is 1. The molecule has 0 aromatic heterocycles. The van der Waals surface area contributed by atoms with Crippen molar-refractivity contribution in [2.75, 3.05) is 46.6 Å². The molecule has 1 heterocycles. The van der Waals surface area contributed by atoms with Gasteiger partial charge in [0.15, 0.2) is 0 Å². The highest BCUT2D eigenvalue weighted by Gasteiger charge is 2.32. The van der Waals surface area contributed by atoms with Gasteiger partial charge in [0.1, 0.15) is 5.75 Å². The Bertz CT molecular complexity index is 829. The van der Waals surface area contributed by atoms with Crippen LogP contribution >= 0.6 is 0 Å². The molecule has 0 bridgehead atoms. The van der Waals surface area contributed by atoms with Gasteiger partial charge in [0.05, 0.1) is 33.5 Å². The fourth-order valence-electron chi connectivity index (χ4n) is 5.57. The molecule has 1 aliphatic carbocycles. The van der Waals surface area contributed by atoms with Crippen molar-refractivity contribution in [1.29, 1.82) is 0 Å². The Morgan fingerprint density at radius 3 is 2.53 bits per heavy atom. The number of hydrogen-bond donors (Lipinski definition) is 2. The summed E-state index contributed by atoms with van der Waals surface area (Å²) in [6, 6.07) is 4.35. The van der Waals surface area contributed by atoms with Crippen molar-refractivity contribution in [2.45, 2.75) is 70.8 Å². The van der Waals surface area contributed by atoms with Crippen LogP contribution in [0.15, 0.2) is 35.9 Å². The third-order valence-corrected chi connectivity index (χ3v) is 7.82. The first kappa shape index (κ1) is 26.9. The first-order valence-corrected chi connectivity index (χ1v) is 12.9. The van der Waals surface area contributed by atoms with Gasteiger partial charge in [0.25, 0.3) is 0 Å². The van der Waals surface area contributed by atoms with Crippen molar-refractivity contribution >= 4 is 0 Å². The van der Waals surface area contributed by atoms with E-state index in [1.807, 2.05) is 0 Å². The van der Waals surface area contributed by atoms with Gasteiger partial charge in [-0.25, -0.2) is 0 Å². The molecular formula is C29H45NO4. The van der Waals surface area contributed by atoms with E-state index in [2.05, 4.69) is 50.5 Å². The molecule has 0 amide bonds. The molecule has 0 saturated carbocycles. The number of rotatable bonds is 11. The van der Waals surface area contributed by atoms with E-state index in [4.69, 9.17) is 9.47 Å². The lowest BCUT2D eigenvalue weighted by molar-refractivity contribution is 0.0370. The summed E-state index contributed by atoms with van der Waals surface area (Å²) in [5.74, 6) is 1.15. The lowest BCUT2D eigenvalue weighted by atomic mass is 9.71. The predicted molar refractivity (Wildman–Crippen MR) is 139 cm³/mol. The fourth-order valence-corrected chi connectivity index (χ4v) is 5.57. The van der Waals surface area contributed by atoms with Gasteiger partial charge < -0.3 is 19.7 Å². The fraction of sp³-hybridized carbons (Fsp3) is 0.655. The van der Waals surface area contributed by atoms with Crippen LogP contribution in [0.2, 0.25) is 0 Å². The van der Waals surface area contributed by atoms with Crippen LogP contribution in [0.3, 0.4) is 0 Å². The molecule has 5 heteroatoms. The zero-order valence-corrected chi connectivity index (χ0v) is 21.7. The van der Waals surface area contributed by atoms with Crippen molar-refractivity contribution in [3.8, 4) is 5.75 Å². The highest BCUT2D eigenvalue weighted by atomic mass is 16.5. The lowest BCUT2D eigenvalue weighted by Crippen LogP contribution is -2.36. The van der Waals surface area contributed by atoms with E-state index in [0.717, 1.165) is 86.6 Å². The molecule has 1 aromatic carbocycles. The van der Waals surface area contributed by atoms with Crippen LogP contribution < -0.4 is 4.74 Å². The summed E-state index contributed by atoms with van der Waals surface area (Å²) < 4.78 is 11.4. The topological polar surface area (TPSA) is 62.2 Å². The van der Waals surface area contributed by atoms with Crippen LogP contribution in [0, 0.1) is 5.92 Å². The van der Waals surface area contributed by atoms with E-state index in [9.17, 15) is 10.2 Å². The van der Waals surface area contributed by atoms with Gasteiger partial charge in [-0.1, -0.05) is 44.6 Å². The summed E-state index contributed by atoms with van der Waals surface area (Å²) in [7, 11) is 1.72. The minimum atomic E-state index is -0.0334. The van der Waals surface area contributed by atoms with Crippen molar-refractivity contribution in [3.05, 3.63) is 52.6 Å². The average Bonchev–Trinajstić information content (AvgIpc) is 2.85. The summed E-state index contributed by atoms with van der Waals surface area (Å²) in [5.41, 5.74) is 5.33. The molecule has 5 nitrogen and oxygen atoms in total. The Kier molecular flexibility index (Phi) is 9.78. The molecular weight excluding hydrogens is 426 g/mol. The second-order valence-corrected chi connectivity index (χ2v) is 10.7. The van der Waals surface area contributed by atoms with Gasteiger partial charge in [-0.2, -0.15) is 0 Å². The Morgan fingerprint density at radius 1 is 1.18 bits per heavy atom. The second-order valence-electron chi connectivity index (χ2n) is 10.7. The summed E-state index contributed by atoms with van der Waals surface area (Å²) in [5, 5.41) is 20.2. The van der Waals surface area contributed by atoms with Crippen LogP contribution in [-0.2, 0) is 16.8 Å². The molecule has 0 unspecified atom stereocenters. The molecule has 3 rings (SSSR count). The first-order valence-electron chi connectivity index (χ1n) is 12.9. The van der Waals surface area contributed by atoms with Crippen molar-refractivity contribution in [3.63, 3.8) is 0 Å². The van der Waals surface area contributed by atoms with Gasteiger partial charge >= 0.3 is 0 Å². The summed E-state index contributed by atoms with van der Waals surface area (Å²) in [6.45, 7) is 15.9. The standard InChI is InChI=1S/C29H45NO4/c1-21(2)25-9-8-22(19-31)16-26(25)28-23(20-32)17-24(18-27(28)33-5)29(3,4)10-6-7-11-30-12-14-34-15-13-30/h16-18,25-26,31-32H,1,6-15,19-20H2,2-5H3/t25-,26+/m1/s1. The molecule has 1 aliphatic heterocycles. The lowest BCUT2D eigenvalue weighted by Gasteiger charge is -2.34. The van der Waals surface area contributed by atoms with Gasteiger partial charge in [-0.15, -0.1) is 0 Å². The zero-order valence-electron chi connectivity index (χ0n) is 21.7. The second kappa shape index (κ2) is 12.3. The molecule has 2 atom stereocenters. The minimum Gasteiger partial charge on any atom is -0.496 e. The number of benzene rings is 1. The number of aliphatic hydroxyl groups is 2. The molecule has 0 spiro atoms. The number of nitrogens with zero attached hydrogens (tertiary/aromatic N) is 1. The molecule has 2 N–H and O–H groups in total. The van der Waals surface area contributed by atoms with Crippen LogP contribution in [0.1, 0.15) is 75.5 Å². The zero-order chi connectivity index (χ0) is 24.7. The van der Waals surface area contributed by atoms with Crippen LogP contribution in [0.4, 0.5) is 0 Å². The van der Waals surface area contributed by atoms with Gasteiger partial charge in [0.2, 0.25) is 0 Å². The minimum absolute atomic E-state index is 0.0207. The maximum Gasteiger partial charge on any atom is 0.123 e. The van der Waals surface area contributed by atoms with E-state index in [1.54, 1.807) is 7.11 Å². The summed E-state index contributed by atoms with van der Waals surface area (Å²) in [6.07, 6.45) is 7.44. The Morgan fingerprint density at radius 2 is 1.91 bits per heavy atom. The maximum atomic E-state index is 10.4. The number of methoxy groups -OCH3 is 1. The quantitative estimate of drug-likeness (QED) is 0.353. The Labute approximate surface area is 206 Å². The number of aliphatic hydroxyl groups excluding tert-OH is 2. The number of hydrogen-bond acceptors (Lipinski definition) is 5. The Balaban J connectivity index is 1.82. The maximum absolute atomic E-state index is 10.4. The predicted octanol–water partition coefficient (Wildman–Crippen LogP) is 4.96. The molecule has 1 saturated heterocycles. The molecule has 34 heavy (non-hydrogen) atoms. The number of allylic oxidation sites excluding steroid dienone is 2. The van der Waals surface area contributed by atoms with Crippen molar-refractivity contribution in [2.24, 2.45) is 5.92 Å². The monoisotopic (exact) mass is 471 g/mol. The van der Waals surface area contributed by atoms with Crippen LogP contribution in [0.5, 0.6) is 5.75 Å². The van der Waals surface area contributed by atoms with Gasteiger partial charge in [-0.3, -0.25) is 4.90 Å². The molecule has 1 fully saturated rings. The highest BCUT2D eigenvalue weighted by Crippen LogP contribution is 2.46. The first-order chi connectivity index (χ1) is 16.3. The van der Waals surface area contributed by atoms with E-state index >= 15 is 0 Å². The van der Waals surface area contributed by atoms with Crippen molar-refractivity contribution < 1.29 is 19.7 Å². The molecule has 0 radical (unpaired) electrons. The average molecular weight is 472 g/mol. The molecule has 1 aromatic rings. The molecule has 2 aliphatic rings. The van der Waals surface area contributed by atoms with Crippen molar-refractivity contribution in [1.82, 2.24) is 4.90 Å². The smallest absolute Gasteiger partial charge is 0.123 e. The molecule has 190 valence electrons. The summed E-state index contributed by atoms with van der Waals surface area (Å²) in [4.78, 5) is 2.49. The van der Waals surface area contributed by atoms with Crippen LogP contribution in [-0.4, -0.2) is 61.7 Å². The highest BCUT2D eigenvalue weighted by molar-refractivity contribution is 5.51. The number of ether oxygens (including phenoxy) is 2. The van der Waals surface area contributed by atoms with E-state index in [1.165, 1.54) is 12.0 Å². The van der Waals surface area contributed by atoms with E-state index in [-0.39, 0.29) is 30.5 Å². The Hall–Kier alpha value is -1.66. The van der Waals surface area contributed by atoms with E-state index < -0.39 is 0 Å². The van der Waals surface area contributed by atoms with Gasteiger partial charge in [0, 0.05) is 24.6 Å². The summed E-state index contributed by atoms with van der Waals surface area (Å²) >= 11 is 0.